The Labute approximate surface area is 66.5 Å². The number of hydrogen-bond acceptors (Lipinski definition) is 5. The highest BCUT2D eigenvalue weighted by molar-refractivity contribution is 6.22. The van der Waals surface area contributed by atoms with Crippen LogP contribution in [0, 0.1) is 5.39 Å². The number of aliphatic imine (C=N–C) groups is 3. The maximum Gasteiger partial charge on any atom is 0.559 e. The van der Waals surface area contributed by atoms with Crippen LogP contribution in [0.1, 0.15) is 0 Å². The Morgan fingerprint density at radius 3 is 3.17 bits per heavy atom. The molecule has 2 rings (SSSR count). The molecule has 1 N–H and O–H groups in total. The fourth-order valence-corrected chi connectivity index (χ4v) is 0.930. The Bertz CT molecular complexity index is 372. The first kappa shape index (κ1) is 6.60. The van der Waals surface area contributed by atoms with E-state index in [1.54, 1.807) is 0 Å². The molecule has 0 fully saturated rings. The average molecular weight is 163 g/mol. The number of guanidine groups is 1. The first-order valence-electron chi connectivity index (χ1n) is 3.15. The number of carbonyl (C=O) groups is 1. The standard InChI is InChI=1S/C5H2N6O/c6-11-5-9-2-3(10-5)7-1-8-4(2)12/h1-2H/p+1. The van der Waals surface area contributed by atoms with Gasteiger partial charge in [-0.05, 0) is 9.97 Å². The van der Waals surface area contributed by atoms with Crippen molar-refractivity contribution in [2.45, 2.75) is 6.04 Å². The van der Waals surface area contributed by atoms with Gasteiger partial charge in [0, 0.05) is 0 Å². The van der Waals surface area contributed by atoms with E-state index >= 15 is 0 Å². The van der Waals surface area contributed by atoms with E-state index in [9.17, 15) is 4.79 Å². The number of fused-ring (bicyclic) bond motifs is 1. The van der Waals surface area contributed by atoms with E-state index in [0.29, 0.717) is 0 Å². The summed E-state index contributed by atoms with van der Waals surface area (Å²) >= 11 is 0. The molecule has 0 saturated heterocycles. The zero-order valence-corrected chi connectivity index (χ0v) is 5.80. The van der Waals surface area contributed by atoms with Crippen molar-refractivity contribution < 1.29 is 4.79 Å². The van der Waals surface area contributed by atoms with Gasteiger partial charge in [-0.25, -0.2) is 4.99 Å². The van der Waals surface area contributed by atoms with Crippen molar-refractivity contribution in [1.29, 1.82) is 5.39 Å². The van der Waals surface area contributed by atoms with Crippen LogP contribution in [0.15, 0.2) is 15.0 Å². The lowest BCUT2D eigenvalue weighted by Gasteiger charge is -2.04. The largest absolute Gasteiger partial charge is 0.559 e. The highest BCUT2D eigenvalue weighted by Crippen LogP contribution is 2.09. The summed E-state index contributed by atoms with van der Waals surface area (Å²) in [5.74, 6) is -0.182. The highest BCUT2D eigenvalue weighted by Gasteiger charge is 2.40. The number of nitrogens with one attached hydrogen (secondary N) is 1. The van der Waals surface area contributed by atoms with Gasteiger partial charge in [-0.2, -0.15) is 0 Å². The summed E-state index contributed by atoms with van der Waals surface area (Å²) in [5.41, 5.74) is 0. The van der Waals surface area contributed by atoms with Crippen LogP contribution in [-0.4, -0.2) is 30.1 Å². The molecule has 0 aromatic heterocycles. The maximum absolute atomic E-state index is 11.0. The Morgan fingerprint density at radius 2 is 2.50 bits per heavy atom. The van der Waals surface area contributed by atoms with Crippen LogP contribution in [-0.2, 0) is 4.79 Å². The number of amidine groups is 1. The van der Waals surface area contributed by atoms with Gasteiger partial charge in [0.25, 0.3) is 17.8 Å². The summed E-state index contributed by atoms with van der Waals surface area (Å²) in [6.45, 7) is 0. The van der Waals surface area contributed by atoms with Crippen molar-refractivity contribution in [3.05, 3.63) is 4.98 Å². The molecule has 58 valence electrons. The normalized spacial score (nSPS) is 25.2. The van der Waals surface area contributed by atoms with Crippen LogP contribution in [0.3, 0.4) is 0 Å². The van der Waals surface area contributed by atoms with Crippen molar-refractivity contribution in [3.63, 3.8) is 0 Å². The Balaban J connectivity index is 2.42. The van der Waals surface area contributed by atoms with E-state index in [1.165, 1.54) is 6.34 Å². The molecule has 0 spiro atoms. The van der Waals surface area contributed by atoms with E-state index in [-0.39, 0.29) is 17.7 Å². The van der Waals surface area contributed by atoms with E-state index in [1.807, 2.05) is 0 Å². The van der Waals surface area contributed by atoms with E-state index in [4.69, 9.17) is 5.39 Å². The van der Waals surface area contributed by atoms with Crippen LogP contribution < -0.4 is 5.32 Å². The summed E-state index contributed by atoms with van der Waals surface area (Å²) in [7, 11) is 0. The zero-order chi connectivity index (χ0) is 8.55. The Morgan fingerprint density at radius 1 is 1.67 bits per heavy atom. The number of amides is 1. The van der Waals surface area contributed by atoms with E-state index in [0.717, 1.165) is 0 Å². The molecule has 0 bridgehead atoms. The molecule has 1 amide bonds. The monoisotopic (exact) mass is 163 g/mol. The van der Waals surface area contributed by atoms with Gasteiger partial charge in [0.15, 0.2) is 0 Å². The zero-order valence-electron chi connectivity index (χ0n) is 5.80. The third-order valence-electron chi connectivity index (χ3n) is 1.45. The lowest BCUT2D eigenvalue weighted by atomic mass is 10.2. The summed E-state index contributed by atoms with van der Waals surface area (Å²) in [4.78, 5) is 24.9. The Kier molecular flexibility index (Phi) is 1.21. The van der Waals surface area contributed by atoms with Gasteiger partial charge in [0.2, 0.25) is 0 Å². The molecule has 1 unspecified atom stereocenters. The molecule has 0 aromatic carbocycles. The molecular weight excluding hydrogens is 160 g/mol. The van der Waals surface area contributed by atoms with Crippen LogP contribution in [0.4, 0.5) is 0 Å². The Hall–Kier alpha value is -2.10. The molecule has 1 atom stereocenters. The molecule has 0 radical (unpaired) electrons. The van der Waals surface area contributed by atoms with Gasteiger partial charge < -0.3 is 5.32 Å². The fourth-order valence-electron chi connectivity index (χ4n) is 0.930. The lowest BCUT2D eigenvalue weighted by Crippen LogP contribution is -2.40. The minimum atomic E-state index is -0.749. The van der Waals surface area contributed by atoms with Crippen molar-refractivity contribution in [2.75, 3.05) is 0 Å². The third-order valence-corrected chi connectivity index (χ3v) is 1.45. The second-order valence-corrected chi connectivity index (χ2v) is 2.17. The summed E-state index contributed by atoms with van der Waals surface area (Å²) in [6.07, 6.45) is 1.23. The van der Waals surface area contributed by atoms with Gasteiger partial charge in [-0.1, -0.05) is 4.99 Å². The fraction of sp³-hybridized carbons (Fsp3) is 0.200. The van der Waals surface area contributed by atoms with Crippen LogP contribution >= 0.6 is 0 Å². The molecule has 2 aliphatic heterocycles. The van der Waals surface area contributed by atoms with Crippen molar-refractivity contribution in [3.8, 4) is 0 Å². The van der Waals surface area contributed by atoms with E-state index < -0.39 is 6.04 Å². The number of nitrogens with zero attached hydrogens (tertiary/aromatic N) is 5. The minimum absolute atomic E-state index is 0.121. The number of hydrogen-bond donors (Lipinski definition) is 1. The third kappa shape index (κ3) is 0.784. The molecule has 0 aliphatic carbocycles. The minimum Gasteiger partial charge on any atom is -0.313 e. The molecular formula is C5H3N6O+. The van der Waals surface area contributed by atoms with Crippen molar-refractivity contribution >= 4 is 24.0 Å². The van der Waals surface area contributed by atoms with Crippen molar-refractivity contribution in [1.82, 2.24) is 5.32 Å². The summed E-state index contributed by atoms with van der Waals surface area (Å²) < 4.78 is 0. The van der Waals surface area contributed by atoms with Crippen LogP contribution in [0.5, 0.6) is 0 Å². The number of diazo groups is 1. The van der Waals surface area contributed by atoms with Gasteiger partial charge in [-0.15, -0.1) is 0 Å². The first-order valence-corrected chi connectivity index (χ1v) is 3.15. The SMILES string of the molecule is N#[N+]C1=NC2C(=O)NC=NC2=N1. The second kappa shape index (κ2) is 2.20. The highest BCUT2D eigenvalue weighted by atomic mass is 16.2. The quantitative estimate of drug-likeness (QED) is 0.470. The summed E-state index contributed by atoms with van der Waals surface area (Å²) in [6, 6.07) is -0.749. The molecule has 7 heteroatoms. The molecule has 2 heterocycles. The van der Waals surface area contributed by atoms with Gasteiger partial charge >= 0.3 is 5.96 Å². The topological polar surface area (TPSA) is 94.3 Å². The van der Waals surface area contributed by atoms with Crippen molar-refractivity contribution in [2.24, 2.45) is 15.0 Å². The number of rotatable bonds is 0. The molecule has 12 heavy (non-hydrogen) atoms. The molecule has 2 aliphatic rings. The van der Waals surface area contributed by atoms with Gasteiger partial charge in [0.05, 0.1) is 11.7 Å². The molecule has 7 nitrogen and oxygen atoms in total. The summed E-state index contributed by atoms with van der Waals surface area (Å²) in [5, 5.41) is 10.7. The van der Waals surface area contributed by atoms with E-state index in [2.05, 4.69) is 25.3 Å². The van der Waals surface area contributed by atoms with Crippen LogP contribution in [0.2, 0.25) is 0 Å². The number of carbonyl (C=O) groups excluding carboxylic acids is 1. The second-order valence-electron chi connectivity index (χ2n) is 2.17. The van der Waals surface area contributed by atoms with Gasteiger partial charge in [0.1, 0.15) is 0 Å². The lowest BCUT2D eigenvalue weighted by molar-refractivity contribution is -0.119. The molecule has 0 aromatic rings. The van der Waals surface area contributed by atoms with Crippen LogP contribution in [0.25, 0.3) is 4.98 Å². The predicted molar refractivity (Wildman–Crippen MR) is 40.4 cm³/mol. The van der Waals surface area contributed by atoms with Gasteiger partial charge in [-0.3, -0.25) is 4.79 Å². The predicted octanol–water partition coefficient (Wildman–Crippen LogP) is -0.866. The smallest absolute Gasteiger partial charge is 0.313 e. The average Bonchev–Trinajstić information content (AvgIpc) is 2.49. The maximum atomic E-state index is 11.0. The first-order chi connectivity index (χ1) is 5.81. The molecule has 0 saturated carbocycles.